The van der Waals surface area contributed by atoms with E-state index < -0.39 is 18.2 Å². The van der Waals surface area contributed by atoms with Crippen molar-refractivity contribution in [1.82, 2.24) is 0 Å². The van der Waals surface area contributed by atoms with Crippen molar-refractivity contribution in [3.63, 3.8) is 0 Å². The second-order valence-corrected chi connectivity index (χ2v) is 4.21. The summed E-state index contributed by atoms with van der Waals surface area (Å²) < 4.78 is 0.731. The summed E-state index contributed by atoms with van der Waals surface area (Å²) in [5.41, 5.74) is 1.24. The Labute approximate surface area is 95.3 Å². The summed E-state index contributed by atoms with van der Waals surface area (Å²) in [6.07, 6.45) is -3.22. The van der Waals surface area contributed by atoms with Crippen molar-refractivity contribution in [3.05, 3.63) is 33.8 Å². The summed E-state index contributed by atoms with van der Waals surface area (Å²) in [4.78, 5) is 10.5. The molecule has 0 bridgehead atoms. The Morgan fingerprint density at radius 2 is 1.93 bits per heavy atom. The molecule has 82 valence electrons. The molecule has 0 saturated heterocycles. The third kappa shape index (κ3) is 3.02. The first-order valence-electron chi connectivity index (χ1n) is 4.28. The van der Waals surface area contributed by atoms with Crippen molar-refractivity contribution in [3.8, 4) is 0 Å². The summed E-state index contributed by atoms with van der Waals surface area (Å²) in [5.74, 6) is -1.44. The average molecular weight is 275 g/mol. The molecule has 15 heavy (non-hydrogen) atoms. The van der Waals surface area contributed by atoms with Gasteiger partial charge < -0.3 is 15.3 Å². The molecular weight excluding hydrogens is 264 g/mol. The van der Waals surface area contributed by atoms with Crippen LogP contribution in [0.15, 0.2) is 22.7 Å². The number of halogens is 1. The van der Waals surface area contributed by atoms with E-state index in [2.05, 4.69) is 15.9 Å². The third-order valence-corrected chi connectivity index (χ3v) is 2.42. The van der Waals surface area contributed by atoms with Crippen molar-refractivity contribution in [1.29, 1.82) is 0 Å². The first-order chi connectivity index (χ1) is 6.91. The monoisotopic (exact) mass is 274 g/mol. The molecule has 2 unspecified atom stereocenters. The minimum atomic E-state index is -1.81. The maximum absolute atomic E-state index is 10.5. The highest BCUT2D eigenvalue weighted by atomic mass is 79.9. The molecule has 2 atom stereocenters. The molecular formula is C10H11BrO4. The van der Waals surface area contributed by atoms with Gasteiger partial charge in [0.1, 0.15) is 6.10 Å². The second-order valence-electron chi connectivity index (χ2n) is 3.29. The van der Waals surface area contributed by atoms with Gasteiger partial charge in [0.2, 0.25) is 0 Å². The van der Waals surface area contributed by atoms with Gasteiger partial charge in [-0.2, -0.15) is 0 Å². The minimum absolute atomic E-state index is 0.372. The van der Waals surface area contributed by atoms with Crippen LogP contribution >= 0.6 is 15.9 Å². The number of aliphatic hydroxyl groups excluding tert-OH is 2. The highest BCUT2D eigenvalue weighted by molar-refractivity contribution is 9.10. The van der Waals surface area contributed by atoms with Crippen molar-refractivity contribution in [2.45, 2.75) is 19.1 Å². The van der Waals surface area contributed by atoms with E-state index in [1.165, 1.54) is 0 Å². The number of aliphatic hydroxyl groups is 2. The highest BCUT2D eigenvalue weighted by Crippen LogP contribution is 2.23. The van der Waals surface area contributed by atoms with Crippen LogP contribution in [0.4, 0.5) is 0 Å². The molecule has 5 heteroatoms. The Kier molecular flexibility index (Phi) is 3.84. The van der Waals surface area contributed by atoms with E-state index in [1.807, 2.05) is 13.0 Å². The van der Waals surface area contributed by atoms with E-state index in [0.717, 1.165) is 10.0 Å². The molecule has 1 rings (SSSR count). The lowest BCUT2D eigenvalue weighted by Gasteiger charge is -2.15. The molecule has 0 aliphatic carbocycles. The first kappa shape index (κ1) is 12.2. The average Bonchev–Trinajstić information content (AvgIpc) is 2.13. The van der Waals surface area contributed by atoms with Crippen LogP contribution in [-0.2, 0) is 4.79 Å². The predicted molar refractivity (Wildman–Crippen MR) is 57.5 cm³/mol. The number of hydrogen-bond acceptors (Lipinski definition) is 3. The van der Waals surface area contributed by atoms with E-state index in [4.69, 9.17) is 10.2 Å². The Balaban J connectivity index is 3.00. The SMILES string of the molecule is Cc1cc(Br)cc(C(O)C(O)C(=O)O)c1. The lowest BCUT2D eigenvalue weighted by molar-refractivity contribution is -0.153. The highest BCUT2D eigenvalue weighted by Gasteiger charge is 2.25. The molecule has 4 nitrogen and oxygen atoms in total. The zero-order valence-electron chi connectivity index (χ0n) is 8.01. The van der Waals surface area contributed by atoms with Crippen LogP contribution in [0.3, 0.4) is 0 Å². The molecule has 0 saturated carbocycles. The van der Waals surface area contributed by atoms with Crippen molar-refractivity contribution >= 4 is 21.9 Å². The van der Waals surface area contributed by atoms with E-state index in [-0.39, 0.29) is 0 Å². The van der Waals surface area contributed by atoms with Crippen LogP contribution < -0.4 is 0 Å². The standard InChI is InChI=1S/C10H11BrO4/c1-5-2-6(4-7(11)3-5)8(12)9(13)10(14)15/h2-4,8-9,12-13H,1H3,(H,14,15). The molecule has 0 aliphatic rings. The summed E-state index contributed by atoms with van der Waals surface area (Å²) in [6, 6.07) is 5.02. The largest absolute Gasteiger partial charge is 0.479 e. The molecule has 3 N–H and O–H groups in total. The van der Waals surface area contributed by atoms with Crippen molar-refractivity contribution in [2.24, 2.45) is 0 Å². The smallest absolute Gasteiger partial charge is 0.335 e. The summed E-state index contributed by atoms with van der Waals surface area (Å²) in [6.45, 7) is 1.81. The zero-order valence-corrected chi connectivity index (χ0v) is 9.60. The number of carboxylic acid groups (broad SMARTS) is 1. The number of carbonyl (C=O) groups is 1. The van der Waals surface area contributed by atoms with Crippen LogP contribution in [0, 0.1) is 6.92 Å². The number of benzene rings is 1. The number of aliphatic carboxylic acids is 1. The van der Waals surface area contributed by atoms with E-state index in [1.54, 1.807) is 12.1 Å². The Morgan fingerprint density at radius 3 is 2.40 bits per heavy atom. The molecule has 1 aromatic carbocycles. The summed E-state index contributed by atoms with van der Waals surface area (Å²) >= 11 is 3.23. The molecule has 0 radical (unpaired) electrons. The molecule has 0 aliphatic heterocycles. The Morgan fingerprint density at radius 1 is 1.33 bits per heavy atom. The van der Waals surface area contributed by atoms with E-state index >= 15 is 0 Å². The quantitative estimate of drug-likeness (QED) is 0.775. The maximum Gasteiger partial charge on any atom is 0.335 e. The van der Waals surface area contributed by atoms with Crippen LogP contribution in [0.5, 0.6) is 0 Å². The molecule has 0 heterocycles. The number of carboxylic acids is 1. The van der Waals surface area contributed by atoms with Crippen LogP contribution in [0.25, 0.3) is 0 Å². The molecule has 0 spiro atoms. The van der Waals surface area contributed by atoms with Gasteiger partial charge in [0.25, 0.3) is 0 Å². The predicted octanol–water partition coefficient (Wildman–Crippen LogP) is 1.24. The Bertz CT molecular complexity index is 357. The Hall–Kier alpha value is -0.910. The van der Waals surface area contributed by atoms with E-state index in [0.29, 0.717) is 5.56 Å². The molecule has 0 aromatic heterocycles. The summed E-state index contributed by atoms with van der Waals surface area (Å²) in [7, 11) is 0. The van der Waals surface area contributed by atoms with Gasteiger partial charge in [0.05, 0.1) is 0 Å². The van der Waals surface area contributed by atoms with Crippen molar-refractivity contribution in [2.75, 3.05) is 0 Å². The van der Waals surface area contributed by atoms with Crippen molar-refractivity contribution < 1.29 is 20.1 Å². The van der Waals surface area contributed by atoms with Gasteiger partial charge in [0.15, 0.2) is 6.10 Å². The third-order valence-electron chi connectivity index (χ3n) is 1.96. The molecule has 0 fully saturated rings. The van der Waals surface area contributed by atoms with Gasteiger partial charge in [-0.1, -0.05) is 22.0 Å². The fourth-order valence-corrected chi connectivity index (χ4v) is 1.88. The number of rotatable bonds is 3. The van der Waals surface area contributed by atoms with E-state index in [9.17, 15) is 9.90 Å². The van der Waals surface area contributed by atoms with Gasteiger partial charge in [-0.15, -0.1) is 0 Å². The number of hydrogen-bond donors (Lipinski definition) is 3. The van der Waals surface area contributed by atoms with Gasteiger partial charge in [0, 0.05) is 4.47 Å². The minimum Gasteiger partial charge on any atom is -0.479 e. The first-order valence-corrected chi connectivity index (χ1v) is 5.07. The topological polar surface area (TPSA) is 77.8 Å². The fourth-order valence-electron chi connectivity index (χ4n) is 1.25. The van der Waals surface area contributed by atoms with Crippen LogP contribution in [-0.4, -0.2) is 27.4 Å². The lowest BCUT2D eigenvalue weighted by Crippen LogP contribution is -2.27. The van der Waals surface area contributed by atoms with Crippen LogP contribution in [0.1, 0.15) is 17.2 Å². The second kappa shape index (κ2) is 4.74. The zero-order chi connectivity index (χ0) is 11.6. The van der Waals surface area contributed by atoms with Gasteiger partial charge in [-0.05, 0) is 30.2 Å². The fraction of sp³-hybridized carbons (Fsp3) is 0.300. The molecule has 0 amide bonds. The lowest BCUT2D eigenvalue weighted by atomic mass is 10.0. The van der Waals surface area contributed by atoms with Gasteiger partial charge >= 0.3 is 5.97 Å². The van der Waals surface area contributed by atoms with Gasteiger partial charge in [-0.25, -0.2) is 4.79 Å². The number of aryl methyl sites for hydroxylation is 1. The van der Waals surface area contributed by atoms with Gasteiger partial charge in [-0.3, -0.25) is 0 Å². The molecule has 1 aromatic rings. The van der Waals surface area contributed by atoms with Crippen LogP contribution in [0.2, 0.25) is 0 Å². The summed E-state index contributed by atoms with van der Waals surface area (Å²) in [5, 5.41) is 27.3. The normalized spacial score (nSPS) is 14.7. The maximum atomic E-state index is 10.5.